The first-order valence-corrected chi connectivity index (χ1v) is 8.08. The molecule has 2 N–H and O–H groups in total. The number of benzene rings is 2. The lowest BCUT2D eigenvalue weighted by Gasteiger charge is -2.17. The molecule has 0 aliphatic heterocycles. The summed E-state index contributed by atoms with van der Waals surface area (Å²) in [5.41, 5.74) is 0.815. The second kappa shape index (κ2) is 11.3. The van der Waals surface area contributed by atoms with Gasteiger partial charge in [-0.25, -0.2) is 4.39 Å². The van der Waals surface area contributed by atoms with E-state index in [4.69, 9.17) is 4.74 Å². The maximum absolute atomic E-state index is 13.2. The lowest BCUT2D eigenvalue weighted by atomic mass is 10.2. The van der Waals surface area contributed by atoms with E-state index in [1.807, 2.05) is 6.92 Å². The summed E-state index contributed by atoms with van der Waals surface area (Å²) in [6, 6.07) is 12.3. The molecular weight excluding hydrogens is 466 g/mol. The van der Waals surface area contributed by atoms with Crippen LogP contribution in [-0.4, -0.2) is 30.6 Å². The Morgan fingerprint density at radius 1 is 1.26 bits per heavy atom. The monoisotopic (exact) mass is 488 g/mol. The number of nitro groups is 1. The molecule has 1 unspecified atom stereocenters. The van der Waals surface area contributed by atoms with Crippen molar-refractivity contribution in [2.75, 3.05) is 13.6 Å². The minimum Gasteiger partial charge on any atom is -0.489 e. The standard InChI is InChI=1S/C18H21FN4O3.HI/c1-13(26-17-8-4-6-15(19)10-17)11-21-18(20-2)22-12-14-5-3-7-16(9-14)23(24)25;/h3-10,13H,11-12H2,1-2H3,(H2,20,21,22);1H. The highest BCUT2D eigenvalue weighted by atomic mass is 127. The first-order chi connectivity index (χ1) is 12.5. The van der Waals surface area contributed by atoms with Crippen LogP contribution in [0.4, 0.5) is 10.1 Å². The van der Waals surface area contributed by atoms with Crippen molar-refractivity contribution in [2.45, 2.75) is 19.6 Å². The van der Waals surface area contributed by atoms with E-state index < -0.39 is 4.92 Å². The maximum atomic E-state index is 13.2. The van der Waals surface area contributed by atoms with Gasteiger partial charge in [0.05, 0.1) is 11.5 Å². The number of nitrogens with zero attached hydrogens (tertiary/aromatic N) is 2. The number of hydrogen-bond donors (Lipinski definition) is 2. The van der Waals surface area contributed by atoms with Gasteiger partial charge in [0, 0.05) is 31.8 Å². The van der Waals surface area contributed by atoms with Crippen LogP contribution in [0.25, 0.3) is 0 Å². The number of non-ortho nitro benzene ring substituents is 1. The minimum atomic E-state index is -0.429. The van der Waals surface area contributed by atoms with Gasteiger partial charge < -0.3 is 15.4 Å². The Morgan fingerprint density at radius 2 is 2.00 bits per heavy atom. The Hall–Kier alpha value is -2.43. The second-order valence-electron chi connectivity index (χ2n) is 5.62. The van der Waals surface area contributed by atoms with E-state index in [2.05, 4.69) is 15.6 Å². The van der Waals surface area contributed by atoms with Crippen molar-refractivity contribution in [3.8, 4) is 5.75 Å². The minimum absolute atomic E-state index is 0. The van der Waals surface area contributed by atoms with Crippen molar-refractivity contribution in [2.24, 2.45) is 4.99 Å². The molecular formula is C18H22FIN4O3. The van der Waals surface area contributed by atoms with Crippen LogP contribution >= 0.6 is 24.0 Å². The predicted molar refractivity (Wildman–Crippen MR) is 113 cm³/mol. The predicted octanol–water partition coefficient (Wildman–Crippen LogP) is 3.48. The summed E-state index contributed by atoms with van der Waals surface area (Å²) in [6.45, 7) is 2.69. The van der Waals surface area contributed by atoms with Crippen LogP contribution in [0.15, 0.2) is 53.5 Å². The van der Waals surface area contributed by atoms with E-state index in [9.17, 15) is 14.5 Å². The van der Waals surface area contributed by atoms with E-state index in [1.165, 1.54) is 24.3 Å². The molecule has 0 saturated carbocycles. The molecule has 0 aliphatic carbocycles. The Balaban J connectivity index is 0.00000364. The van der Waals surface area contributed by atoms with E-state index in [-0.39, 0.29) is 41.6 Å². The van der Waals surface area contributed by atoms with Crippen molar-refractivity contribution in [1.82, 2.24) is 10.6 Å². The zero-order valence-corrected chi connectivity index (χ0v) is 17.3. The van der Waals surface area contributed by atoms with E-state index in [0.29, 0.717) is 24.8 Å². The zero-order chi connectivity index (χ0) is 18.9. The fourth-order valence-electron chi connectivity index (χ4n) is 2.24. The van der Waals surface area contributed by atoms with E-state index in [1.54, 1.807) is 31.3 Å². The molecule has 9 heteroatoms. The molecule has 0 radical (unpaired) electrons. The van der Waals surface area contributed by atoms with Gasteiger partial charge in [-0.05, 0) is 24.6 Å². The van der Waals surface area contributed by atoms with Crippen molar-refractivity contribution < 1.29 is 14.1 Å². The number of aliphatic imine (C=N–C) groups is 1. The van der Waals surface area contributed by atoms with Crippen molar-refractivity contribution in [3.63, 3.8) is 0 Å². The van der Waals surface area contributed by atoms with Gasteiger partial charge in [0.25, 0.3) is 5.69 Å². The Bertz CT molecular complexity index is 789. The van der Waals surface area contributed by atoms with Crippen LogP contribution in [0.3, 0.4) is 0 Å². The molecule has 146 valence electrons. The van der Waals surface area contributed by atoms with Crippen LogP contribution in [0.5, 0.6) is 5.75 Å². The molecule has 2 rings (SSSR count). The molecule has 7 nitrogen and oxygen atoms in total. The number of nitro benzene ring substituents is 1. The lowest BCUT2D eigenvalue weighted by Crippen LogP contribution is -2.41. The summed E-state index contributed by atoms with van der Waals surface area (Å²) >= 11 is 0. The van der Waals surface area contributed by atoms with Gasteiger partial charge >= 0.3 is 0 Å². The average Bonchev–Trinajstić information content (AvgIpc) is 2.62. The Labute approximate surface area is 174 Å². The fraction of sp³-hybridized carbons (Fsp3) is 0.278. The first kappa shape index (κ1) is 22.6. The zero-order valence-electron chi connectivity index (χ0n) is 15.0. The SMILES string of the molecule is CN=C(NCc1cccc([N+](=O)[O-])c1)NCC(C)Oc1cccc(F)c1.I. The van der Waals surface area contributed by atoms with Crippen LogP contribution in [0.2, 0.25) is 0 Å². The van der Waals surface area contributed by atoms with Crippen molar-refractivity contribution >= 4 is 35.6 Å². The number of guanidine groups is 1. The summed E-state index contributed by atoms with van der Waals surface area (Å²) in [6.07, 6.45) is -0.215. The average molecular weight is 488 g/mol. The normalized spacial score (nSPS) is 11.9. The number of nitrogens with one attached hydrogen (secondary N) is 2. The van der Waals surface area contributed by atoms with Crippen molar-refractivity contribution in [1.29, 1.82) is 0 Å². The van der Waals surface area contributed by atoms with Crippen LogP contribution in [0.1, 0.15) is 12.5 Å². The second-order valence-corrected chi connectivity index (χ2v) is 5.62. The third kappa shape index (κ3) is 7.77. The smallest absolute Gasteiger partial charge is 0.269 e. The number of halogens is 2. The number of hydrogen-bond acceptors (Lipinski definition) is 4. The Kier molecular flexibility index (Phi) is 9.48. The third-order valence-electron chi connectivity index (χ3n) is 3.50. The molecule has 0 amide bonds. The number of ether oxygens (including phenoxy) is 1. The van der Waals surface area contributed by atoms with E-state index in [0.717, 1.165) is 5.56 Å². The highest BCUT2D eigenvalue weighted by Crippen LogP contribution is 2.14. The maximum Gasteiger partial charge on any atom is 0.269 e. The third-order valence-corrected chi connectivity index (χ3v) is 3.50. The molecule has 1 atom stereocenters. The molecule has 0 fully saturated rings. The lowest BCUT2D eigenvalue weighted by molar-refractivity contribution is -0.384. The molecule has 0 heterocycles. The molecule has 0 bridgehead atoms. The first-order valence-electron chi connectivity index (χ1n) is 8.08. The molecule has 2 aromatic carbocycles. The van der Waals surface area contributed by atoms with Gasteiger partial charge in [-0.2, -0.15) is 0 Å². The van der Waals surface area contributed by atoms with Gasteiger partial charge in [-0.3, -0.25) is 15.1 Å². The quantitative estimate of drug-likeness (QED) is 0.205. The summed E-state index contributed by atoms with van der Waals surface area (Å²) in [7, 11) is 1.63. The summed E-state index contributed by atoms with van der Waals surface area (Å²) < 4.78 is 18.8. The molecule has 2 aromatic rings. The van der Waals surface area contributed by atoms with Crippen LogP contribution in [0, 0.1) is 15.9 Å². The van der Waals surface area contributed by atoms with Crippen LogP contribution < -0.4 is 15.4 Å². The van der Waals surface area contributed by atoms with Crippen LogP contribution in [-0.2, 0) is 6.54 Å². The topological polar surface area (TPSA) is 88.8 Å². The largest absolute Gasteiger partial charge is 0.489 e. The molecule has 0 aliphatic rings. The highest BCUT2D eigenvalue weighted by Gasteiger charge is 2.08. The summed E-state index contributed by atoms with van der Waals surface area (Å²) in [5.74, 6) is 0.641. The molecule has 27 heavy (non-hydrogen) atoms. The van der Waals surface area contributed by atoms with E-state index >= 15 is 0 Å². The molecule has 0 aromatic heterocycles. The van der Waals surface area contributed by atoms with Gasteiger partial charge in [-0.15, -0.1) is 24.0 Å². The highest BCUT2D eigenvalue weighted by molar-refractivity contribution is 14.0. The van der Waals surface area contributed by atoms with Gasteiger partial charge in [-0.1, -0.05) is 18.2 Å². The van der Waals surface area contributed by atoms with Gasteiger partial charge in [0.15, 0.2) is 5.96 Å². The molecule has 0 saturated heterocycles. The summed E-state index contributed by atoms with van der Waals surface area (Å²) in [4.78, 5) is 14.5. The molecule has 0 spiro atoms. The van der Waals surface area contributed by atoms with Gasteiger partial charge in [0.2, 0.25) is 0 Å². The summed E-state index contributed by atoms with van der Waals surface area (Å²) in [5, 5.41) is 17.0. The van der Waals surface area contributed by atoms with Gasteiger partial charge in [0.1, 0.15) is 17.7 Å². The fourth-order valence-corrected chi connectivity index (χ4v) is 2.24. The Morgan fingerprint density at radius 3 is 2.67 bits per heavy atom. The van der Waals surface area contributed by atoms with Crippen molar-refractivity contribution in [3.05, 3.63) is 70.0 Å². The number of rotatable bonds is 7.